The maximum Gasteiger partial charge on any atom is 0.173 e. The van der Waals surface area contributed by atoms with Crippen molar-refractivity contribution >= 4 is 15.9 Å². The van der Waals surface area contributed by atoms with Crippen LogP contribution in [0.1, 0.15) is 36.9 Å². The Labute approximate surface area is 134 Å². The summed E-state index contributed by atoms with van der Waals surface area (Å²) in [6.45, 7) is 3.18. The molecule has 4 heteroatoms. The maximum atomic E-state index is 5.37. The lowest BCUT2D eigenvalue weighted by Crippen LogP contribution is -2.22. The number of benzene rings is 1. The predicted octanol–water partition coefficient (Wildman–Crippen LogP) is 4.72. The first kappa shape index (κ1) is 16.1. The van der Waals surface area contributed by atoms with Gasteiger partial charge < -0.3 is 14.5 Å². The molecule has 2 rings (SSSR count). The molecule has 0 aliphatic carbocycles. The Morgan fingerprint density at radius 3 is 2.57 bits per heavy atom. The summed E-state index contributed by atoms with van der Waals surface area (Å²) in [4.78, 5) is 0. The Bertz CT molecular complexity index is 536. The number of hydrogen-bond acceptors (Lipinski definition) is 3. The normalized spacial score (nSPS) is 12.3. The van der Waals surface area contributed by atoms with Crippen LogP contribution in [0.15, 0.2) is 45.7 Å². The maximum absolute atomic E-state index is 5.37. The van der Waals surface area contributed by atoms with Gasteiger partial charge in [0.2, 0.25) is 0 Å². The molecule has 3 nitrogen and oxygen atoms in total. The van der Waals surface area contributed by atoms with Crippen LogP contribution in [0.2, 0.25) is 0 Å². The zero-order valence-electron chi connectivity index (χ0n) is 12.6. The molecule has 1 atom stereocenters. The van der Waals surface area contributed by atoms with Gasteiger partial charge in [-0.15, -0.1) is 0 Å². The van der Waals surface area contributed by atoms with Crippen molar-refractivity contribution in [1.82, 2.24) is 5.32 Å². The average molecular weight is 352 g/mol. The highest BCUT2D eigenvalue weighted by atomic mass is 79.9. The van der Waals surface area contributed by atoms with Crippen molar-refractivity contribution in [2.45, 2.75) is 32.2 Å². The first-order chi connectivity index (χ1) is 10.2. The Balaban J connectivity index is 1.99. The molecule has 1 N–H and O–H groups in total. The van der Waals surface area contributed by atoms with Crippen molar-refractivity contribution in [3.8, 4) is 5.75 Å². The van der Waals surface area contributed by atoms with Crippen molar-refractivity contribution in [3.63, 3.8) is 0 Å². The second-order valence-electron chi connectivity index (χ2n) is 5.04. The minimum Gasteiger partial charge on any atom is -0.497 e. The average Bonchev–Trinajstić information content (AvgIpc) is 2.94. The molecule has 1 aromatic carbocycles. The molecular formula is C17H22BrNO2. The van der Waals surface area contributed by atoms with Gasteiger partial charge in [0.25, 0.3) is 0 Å². The van der Waals surface area contributed by atoms with E-state index in [9.17, 15) is 0 Å². The fourth-order valence-corrected chi connectivity index (χ4v) is 2.86. The van der Waals surface area contributed by atoms with Crippen LogP contribution in [0.25, 0.3) is 0 Å². The molecule has 114 valence electrons. The molecule has 0 saturated carbocycles. The number of rotatable bonds is 8. The smallest absolute Gasteiger partial charge is 0.173 e. The summed E-state index contributed by atoms with van der Waals surface area (Å²) in [7, 11) is 1.69. The van der Waals surface area contributed by atoms with E-state index in [1.807, 2.05) is 18.2 Å². The van der Waals surface area contributed by atoms with Crippen molar-refractivity contribution in [1.29, 1.82) is 0 Å². The third-order valence-corrected chi connectivity index (χ3v) is 4.19. The van der Waals surface area contributed by atoms with E-state index in [2.05, 4.69) is 40.3 Å². The van der Waals surface area contributed by atoms with Gasteiger partial charge in [-0.05, 0) is 65.5 Å². The molecule has 0 bridgehead atoms. The molecular weight excluding hydrogens is 330 g/mol. The van der Waals surface area contributed by atoms with Gasteiger partial charge in [0.1, 0.15) is 5.75 Å². The lowest BCUT2D eigenvalue weighted by molar-refractivity contribution is 0.414. The minimum atomic E-state index is 0.306. The molecule has 0 fully saturated rings. The van der Waals surface area contributed by atoms with Crippen molar-refractivity contribution < 1.29 is 9.15 Å². The molecule has 21 heavy (non-hydrogen) atoms. The Morgan fingerprint density at radius 2 is 2.00 bits per heavy atom. The number of nitrogens with one attached hydrogen (secondary N) is 1. The summed E-state index contributed by atoms with van der Waals surface area (Å²) in [6.07, 6.45) is 4.90. The number of ether oxygens (including phenoxy) is 1. The molecule has 1 aromatic heterocycles. The molecule has 0 amide bonds. The monoisotopic (exact) mass is 351 g/mol. The van der Waals surface area contributed by atoms with Crippen molar-refractivity contribution in [3.05, 3.63) is 52.4 Å². The van der Waals surface area contributed by atoms with Crippen LogP contribution in [0.3, 0.4) is 0 Å². The quantitative estimate of drug-likeness (QED) is 0.746. The molecule has 0 radical (unpaired) electrons. The lowest BCUT2D eigenvalue weighted by atomic mass is 10.0. The molecule has 0 aliphatic heterocycles. The Hall–Kier alpha value is -1.26. The number of methoxy groups -OCH3 is 1. The van der Waals surface area contributed by atoms with E-state index in [-0.39, 0.29) is 0 Å². The number of aryl methyl sites for hydroxylation is 1. The molecule has 0 saturated heterocycles. The molecule has 0 aliphatic rings. The fraction of sp³-hybridized carbons (Fsp3) is 0.412. The molecule has 0 spiro atoms. The summed E-state index contributed by atoms with van der Waals surface area (Å²) >= 11 is 3.48. The van der Waals surface area contributed by atoms with E-state index in [1.165, 1.54) is 11.1 Å². The minimum absolute atomic E-state index is 0.306. The summed E-state index contributed by atoms with van der Waals surface area (Å²) in [6, 6.07) is 10.6. The van der Waals surface area contributed by atoms with Gasteiger partial charge in [-0.25, -0.2) is 0 Å². The van der Waals surface area contributed by atoms with E-state index in [4.69, 9.17) is 9.15 Å². The lowest BCUT2D eigenvalue weighted by Gasteiger charge is -2.18. The molecule has 1 unspecified atom stereocenters. The van der Waals surface area contributed by atoms with Crippen LogP contribution in [-0.2, 0) is 6.42 Å². The van der Waals surface area contributed by atoms with Crippen LogP contribution < -0.4 is 10.1 Å². The van der Waals surface area contributed by atoms with Crippen LogP contribution in [0, 0.1) is 0 Å². The molecule has 2 aromatic rings. The second kappa shape index (κ2) is 8.25. The highest BCUT2D eigenvalue weighted by molar-refractivity contribution is 9.10. The largest absolute Gasteiger partial charge is 0.497 e. The van der Waals surface area contributed by atoms with Crippen LogP contribution in [0.4, 0.5) is 0 Å². The van der Waals surface area contributed by atoms with Gasteiger partial charge in [0.05, 0.1) is 13.4 Å². The van der Waals surface area contributed by atoms with E-state index < -0.39 is 0 Å². The van der Waals surface area contributed by atoms with E-state index in [0.717, 1.165) is 36.2 Å². The standard InChI is InChI=1S/C17H22BrNO2/c1-3-11-19-16(15-10-12-21-17(15)18)9-6-13-4-7-14(20-2)8-5-13/h4-5,7-8,10,12,16,19H,3,6,9,11H2,1-2H3. The van der Waals surface area contributed by atoms with E-state index >= 15 is 0 Å². The van der Waals surface area contributed by atoms with Crippen LogP contribution in [-0.4, -0.2) is 13.7 Å². The number of furan rings is 1. The van der Waals surface area contributed by atoms with E-state index in [0.29, 0.717) is 6.04 Å². The zero-order chi connectivity index (χ0) is 15.1. The van der Waals surface area contributed by atoms with Gasteiger partial charge in [-0.2, -0.15) is 0 Å². The zero-order valence-corrected chi connectivity index (χ0v) is 14.2. The fourth-order valence-electron chi connectivity index (χ4n) is 2.34. The summed E-state index contributed by atoms with van der Waals surface area (Å²) in [5, 5.41) is 3.59. The van der Waals surface area contributed by atoms with Crippen LogP contribution in [0.5, 0.6) is 5.75 Å². The third kappa shape index (κ3) is 4.61. The first-order valence-electron chi connectivity index (χ1n) is 7.33. The van der Waals surface area contributed by atoms with Crippen molar-refractivity contribution in [2.75, 3.05) is 13.7 Å². The van der Waals surface area contributed by atoms with Crippen molar-refractivity contribution in [2.24, 2.45) is 0 Å². The van der Waals surface area contributed by atoms with E-state index in [1.54, 1.807) is 13.4 Å². The Kier molecular flexibility index (Phi) is 6.33. The number of hydrogen-bond donors (Lipinski definition) is 1. The van der Waals surface area contributed by atoms with Gasteiger partial charge in [0.15, 0.2) is 4.67 Å². The van der Waals surface area contributed by atoms with Gasteiger partial charge in [0, 0.05) is 11.6 Å². The summed E-state index contributed by atoms with van der Waals surface area (Å²) in [5.74, 6) is 0.900. The second-order valence-corrected chi connectivity index (χ2v) is 5.76. The predicted molar refractivity (Wildman–Crippen MR) is 88.8 cm³/mol. The van der Waals surface area contributed by atoms with Gasteiger partial charge in [-0.1, -0.05) is 19.1 Å². The van der Waals surface area contributed by atoms with Gasteiger partial charge in [-0.3, -0.25) is 0 Å². The number of halogens is 1. The summed E-state index contributed by atoms with van der Waals surface area (Å²) < 4.78 is 11.4. The highest BCUT2D eigenvalue weighted by Gasteiger charge is 2.16. The first-order valence-corrected chi connectivity index (χ1v) is 8.13. The highest BCUT2D eigenvalue weighted by Crippen LogP contribution is 2.28. The Morgan fingerprint density at radius 1 is 1.24 bits per heavy atom. The third-order valence-electron chi connectivity index (χ3n) is 3.54. The topological polar surface area (TPSA) is 34.4 Å². The van der Waals surface area contributed by atoms with Crippen LogP contribution >= 0.6 is 15.9 Å². The SMILES string of the molecule is CCCNC(CCc1ccc(OC)cc1)c1ccoc1Br. The summed E-state index contributed by atoms with van der Waals surface area (Å²) in [5.41, 5.74) is 2.51. The van der Waals surface area contributed by atoms with Gasteiger partial charge >= 0.3 is 0 Å². The molecule has 1 heterocycles.